The first-order valence-electron chi connectivity index (χ1n) is 6.81. The Morgan fingerprint density at radius 3 is 2.55 bits per heavy atom. The van der Waals surface area contributed by atoms with Gasteiger partial charge in [-0.25, -0.2) is 8.78 Å². The zero-order valence-electron chi connectivity index (χ0n) is 11.8. The van der Waals surface area contributed by atoms with Crippen LogP contribution in [0.1, 0.15) is 29.7 Å². The lowest BCUT2D eigenvalue weighted by Crippen LogP contribution is -2.22. The molecular weight excluding hydrogens is 256 g/mol. The van der Waals surface area contributed by atoms with E-state index in [0.29, 0.717) is 5.56 Å². The minimum absolute atomic E-state index is 0.0445. The molecule has 0 radical (unpaired) electrons. The minimum atomic E-state index is -0.209. The van der Waals surface area contributed by atoms with Crippen molar-refractivity contribution >= 4 is 0 Å². The molecule has 2 aromatic rings. The van der Waals surface area contributed by atoms with Crippen LogP contribution in [0.15, 0.2) is 42.5 Å². The Morgan fingerprint density at radius 1 is 1.10 bits per heavy atom. The van der Waals surface area contributed by atoms with E-state index in [2.05, 4.69) is 5.32 Å². The number of nitrogens with one attached hydrogen (secondary N) is 1. The number of benzene rings is 2. The molecule has 0 spiro atoms. The van der Waals surface area contributed by atoms with E-state index in [4.69, 9.17) is 0 Å². The monoisotopic (exact) mass is 275 g/mol. The molecule has 0 aliphatic carbocycles. The predicted molar refractivity (Wildman–Crippen MR) is 77.7 cm³/mol. The van der Waals surface area contributed by atoms with Crippen molar-refractivity contribution in [3.05, 3.63) is 70.8 Å². The molecule has 0 aliphatic rings. The molecule has 0 fully saturated rings. The average Bonchev–Trinajstić information content (AvgIpc) is 2.41. The maximum absolute atomic E-state index is 13.6. The van der Waals surface area contributed by atoms with Gasteiger partial charge in [-0.3, -0.25) is 0 Å². The fraction of sp³-hybridized carbons (Fsp3) is 0.294. The summed E-state index contributed by atoms with van der Waals surface area (Å²) in [5.74, 6) is -0.399. The Bertz CT molecular complexity index is 581. The molecule has 0 aliphatic heterocycles. The lowest BCUT2D eigenvalue weighted by atomic mass is 10.0. The predicted octanol–water partition coefficient (Wildman–Crippen LogP) is 4.17. The maximum atomic E-state index is 13.6. The quantitative estimate of drug-likeness (QED) is 0.863. The van der Waals surface area contributed by atoms with Gasteiger partial charge in [0.1, 0.15) is 11.6 Å². The highest BCUT2D eigenvalue weighted by Crippen LogP contribution is 2.16. The highest BCUT2D eigenvalue weighted by Gasteiger charge is 2.09. The third-order valence-corrected chi connectivity index (χ3v) is 3.52. The first kappa shape index (κ1) is 14.7. The van der Waals surface area contributed by atoms with Crippen LogP contribution in [0, 0.1) is 18.6 Å². The molecule has 0 bridgehead atoms. The topological polar surface area (TPSA) is 12.0 Å². The Balaban J connectivity index is 1.91. The van der Waals surface area contributed by atoms with Gasteiger partial charge in [-0.1, -0.05) is 24.3 Å². The van der Waals surface area contributed by atoms with Crippen LogP contribution in [0.3, 0.4) is 0 Å². The molecule has 1 unspecified atom stereocenters. The van der Waals surface area contributed by atoms with E-state index < -0.39 is 0 Å². The third kappa shape index (κ3) is 3.64. The van der Waals surface area contributed by atoms with Crippen molar-refractivity contribution in [3.8, 4) is 0 Å². The summed E-state index contributed by atoms with van der Waals surface area (Å²) in [4.78, 5) is 0. The molecule has 0 heterocycles. The van der Waals surface area contributed by atoms with Crippen LogP contribution in [0.5, 0.6) is 0 Å². The summed E-state index contributed by atoms with van der Waals surface area (Å²) in [7, 11) is 0. The first-order valence-corrected chi connectivity index (χ1v) is 6.81. The molecule has 2 rings (SSSR count). The molecule has 3 heteroatoms. The van der Waals surface area contributed by atoms with Crippen molar-refractivity contribution in [2.45, 2.75) is 26.3 Å². The van der Waals surface area contributed by atoms with Crippen LogP contribution >= 0.6 is 0 Å². The Kier molecular flexibility index (Phi) is 4.85. The number of rotatable bonds is 5. The van der Waals surface area contributed by atoms with Crippen molar-refractivity contribution in [2.24, 2.45) is 0 Å². The zero-order valence-corrected chi connectivity index (χ0v) is 11.8. The van der Waals surface area contributed by atoms with Gasteiger partial charge in [-0.15, -0.1) is 0 Å². The van der Waals surface area contributed by atoms with Gasteiger partial charge in [0.15, 0.2) is 0 Å². The van der Waals surface area contributed by atoms with Crippen LogP contribution < -0.4 is 5.32 Å². The molecule has 106 valence electrons. The fourth-order valence-corrected chi connectivity index (χ4v) is 2.30. The standard InChI is InChI=1S/C17H19F2N/c1-12-11-15(18)8-7-14(12)9-10-20-13(2)16-5-3-4-6-17(16)19/h3-8,11,13,20H,9-10H2,1-2H3. The molecule has 0 amide bonds. The number of hydrogen-bond acceptors (Lipinski definition) is 1. The SMILES string of the molecule is Cc1cc(F)ccc1CCNC(C)c1ccccc1F. The van der Waals surface area contributed by atoms with Gasteiger partial charge in [0.2, 0.25) is 0 Å². The average molecular weight is 275 g/mol. The van der Waals surface area contributed by atoms with Crippen molar-refractivity contribution in [1.82, 2.24) is 5.32 Å². The molecule has 1 nitrogen and oxygen atoms in total. The largest absolute Gasteiger partial charge is 0.310 e. The number of halogens is 2. The summed E-state index contributed by atoms with van der Waals surface area (Å²) in [6.45, 7) is 4.57. The summed E-state index contributed by atoms with van der Waals surface area (Å²) < 4.78 is 26.6. The molecular formula is C17H19F2N. The van der Waals surface area contributed by atoms with Crippen LogP contribution in [-0.4, -0.2) is 6.54 Å². The minimum Gasteiger partial charge on any atom is -0.310 e. The van der Waals surface area contributed by atoms with Gasteiger partial charge >= 0.3 is 0 Å². The van der Waals surface area contributed by atoms with E-state index in [9.17, 15) is 8.78 Å². The van der Waals surface area contributed by atoms with Crippen molar-refractivity contribution in [1.29, 1.82) is 0 Å². The van der Waals surface area contributed by atoms with Crippen LogP contribution in [0.2, 0.25) is 0 Å². The van der Waals surface area contributed by atoms with Gasteiger partial charge in [-0.05, 0) is 56.1 Å². The van der Waals surface area contributed by atoms with E-state index in [1.165, 1.54) is 18.2 Å². The van der Waals surface area contributed by atoms with Crippen molar-refractivity contribution in [3.63, 3.8) is 0 Å². The highest BCUT2D eigenvalue weighted by atomic mass is 19.1. The first-order chi connectivity index (χ1) is 9.58. The summed E-state index contributed by atoms with van der Waals surface area (Å²) in [6.07, 6.45) is 0.797. The number of hydrogen-bond donors (Lipinski definition) is 1. The van der Waals surface area contributed by atoms with Gasteiger partial charge in [0.05, 0.1) is 0 Å². The maximum Gasteiger partial charge on any atom is 0.127 e. The van der Waals surface area contributed by atoms with Crippen molar-refractivity contribution in [2.75, 3.05) is 6.54 Å². The molecule has 0 saturated heterocycles. The second-order valence-corrected chi connectivity index (χ2v) is 5.02. The van der Waals surface area contributed by atoms with Crippen LogP contribution in [-0.2, 0) is 6.42 Å². The van der Waals surface area contributed by atoms with E-state index in [-0.39, 0.29) is 17.7 Å². The lowest BCUT2D eigenvalue weighted by Gasteiger charge is -2.15. The second-order valence-electron chi connectivity index (χ2n) is 5.02. The second kappa shape index (κ2) is 6.62. The van der Waals surface area contributed by atoms with E-state index in [1.807, 2.05) is 19.9 Å². The van der Waals surface area contributed by atoms with Gasteiger partial charge in [0.25, 0.3) is 0 Å². The third-order valence-electron chi connectivity index (χ3n) is 3.52. The molecule has 2 aromatic carbocycles. The van der Waals surface area contributed by atoms with E-state index in [0.717, 1.165) is 24.1 Å². The molecule has 1 N–H and O–H groups in total. The van der Waals surface area contributed by atoms with Gasteiger partial charge < -0.3 is 5.32 Å². The molecule has 1 atom stereocenters. The molecule has 0 aromatic heterocycles. The normalized spacial score (nSPS) is 12.4. The Labute approximate surface area is 118 Å². The summed E-state index contributed by atoms with van der Waals surface area (Å²) in [5.41, 5.74) is 2.73. The molecule has 0 saturated carbocycles. The van der Waals surface area contributed by atoms with Gasteiger partial charge in [0, 0.05) is 11.6 Å². The molecule has 20 heavy (non-hydrogen) atoms. The Morgan fingerprint density at radius 2 is 1.85 bits per heavy atom. The highest BCUT2D eigenvalue weighted by molar-refractivity contribution is 5.27. The van der Waals surface area contributed by atoms with E-state index in [1.54, 1.807) is 18.2 Å². The number of aryl methyl sites for hydroxylation is 1. The summed E-state index contributed by atoms with van der Waals surface area (Å²) in [5, 5.41) is 3.30. The summed E-state index contributed by atoms with van der Waals surface area (Å²) >= 11 is 0. The fourth-order valence-electron chi connectivity index (χ4n) is 2.30. The Hall–Kier alpha value is -1.74. The van der Waals surface area contributed by atoms with Crippen molar-refractivity contribution < 1.29 is 8.78 Å². The smallest absolute Gasteiger partial charge is 0.127 e. The van der Waals surface area contributed by atoms with Crippen LogP contribution in [0.25, 0.3) is 0 Å². The van der Waals surface area contributed by atoms with Gasteiger partial charge in [-0.2, -0.15) is 0 Å². The zero-order chi connectivity index (χ0) is 14.5. The summed E-state index contributed by atoms with van der Waals surface area (Å²) in [6, 6.07) is 11.6. The van der Waals surface area contributed by atoms with E-state index >= 15 is 0 Å². The lowest BCUT2D eigenvalue weighted by molar-refractivity contribution is 0.530. The van der Waals surface area contributed by atoms with Crippen LogP contribution in [0.4, 0.5) is 8.78 Å².